The van der Waals surface area contributed by atoms with Gasteiger partial charge < -0.3 is 5.11 Å². The Hall–Kier alpha value is -0.190. The minimum absolute atomic E-state index is 0.173. The van der Waals surface area contributed by atoms with Crippen molar-refractivity contribution >= 4 is 11.6 Å². The van der Waals surface area contributed by atoms with E-state index in [0.717, 1.165) is 19.3 Å². The smallest absolute Gasteiger partial charge is 0.136 e. The van der Waals surface area contributed by atoms with E-state index in [-0.39, 0.29) is 5.88 Å². The monoisotopic (exact) mass is 174 g/mol. The summed E-state index contributed by atoms with van der Waals surface area (Å²) < 4.78 is 0. The van der Waals surface area contributed by atoms with Gasteiger partial charge in [-0.3, -0.25) is 0 Å². The summed E-state index contributed by atoms with van der Waals surface area (Å²) >= 11 is 5.45. The van der Waals surface area contributed by atoms with Crippen LogP contribution in [0.2, 0.25) is 0 Å². The van der Waals surface area contributed by atoms with E-state index in [9.17, 15) is 5.11 Å². The molecule has 64 valence electrons. The van der Waals surface area contributed by atoms with Crippen LogP contribution in [0.1, 0.15) is 33.1 Å². The molecule has 1 N–H and O–H groups in total. The highest BCUT2D eigenvalue weighted by atomic mass is 35.5. The molecule has 0 saturated carbocycles. The highest BCUT2D eigenvalue weighted by Crippen LogP contribution is 2.03. The second kappa shape index (κ2) is 5.46. The molecule has 0 rings (SSSR count). The molecule has 0 aromatic rings. The fourth-order valence-corrected chi connectivity index (χ4v) is 0.618. The average Bonchev–Trinajstić information content (AvgIpc) is 1.99. The first-order chi connectivity index (χ1) is 5.12. The first kappa shape index (κ1) is 10.8. The topological polar surface area (TPSA) is 20.2 Å². The Balaban J connectivity index is 3.67. The molecule has 0 radical (unpaired) electrons. The van der Waals surface area contributed by atoms with Crippen LogP contribution in [0.15, 0.2) is 0 Å². The minimum atomic E-state index is -1.00. The van der Waals surface area contributed by atoms with Crippen molar-refractivity contribution in [2.75, 3.05) is 5.88 Å². The van der Waals surface area contributed by atoms with Gasteiger partial charge in [0.05, 0.1) is 5.88 Å². The van der Waals surface area contributed by atoms with Crippen LogP contribution in [-0.2, 0) is 0 Å². The maximum absolute atomic E-state index is 9.32. The molecule has 1 atom stereocenters. The number of aliphatic hydroxyl groups is 1. The van der Waals surface area contributed by atoms with E-state index < -0.39 is 5.60 Å². The van der Waals surface area contributed by atoms with Crippen molar-refractivity contribution in [3.63, 3.8) is 0 Å². The normalized spacial score (nSPS) is 14.9. The molecule has 0 aromatic heterocycles. The van der Waals surface area contributed by atoms with E-state index in [1.165, 1.54) is 0 Å². The summed E-state index contributed by atoms with van der Waals surface area (Å²) in [5, 5.41) is 9.32. The van der Waals surface area contributed by atoms with Crippen LogP contribution < -0.4 is 0 Å². The zero-order valence-corrected chi connectivity index (χ0v) is 7.91. The molecule has 0 aromatic carbocycles. The molecular formula is C9H15ClO. The van der Waals surface area contributed by atoms with Crippen LogP contribution in [0.3, 0.4) is 0 Å². The van der Waals surface area contributed by atoms with E-state index in [1.807, 2.05) is 0 Å². The summed E-state index contributed by atoms with van der Waals surface area (Å²) in [5.74, 6) is 5.78. The molecule has 0 amide bonds. The van der Waals surface area contributed by atoms with Gasteiger partial charge in [-0.2, -0.15) is 0 Å². The summed E-state index contributed by atoms with van der Waals surface area (Å²) in [4.78, 5) is 0. The van der Waals surface area contributed by atoms with Gasteiger partial charge in [0, 0.05) is 6.42 Å². The van der Waals surface area contributed by atoms with Crippen molar-refractivity contribution in [3.8, 4) is 11.8 Å². The largest absolute Gasteiger partial charge is 0.377 e. The maximum Gasteiger partial charge on any atom is 0.136 e. The number of hydrogen-bond donors (Lipinski definition) is 1. The molecule has 0 heterocycles. The Kier molecular flexibility index (Phi) is 5.36. The molecule has 0 saturated heterocycles. The van der Waals surface area contributed by atoms with Crippen molar-refractivity contribution in [2.45, 2.75) is 38.7 Å². The average molecular weight is 175 g/mol. The Morgan fingerprint density at radius 2 is 2.18 bits per heavy atom. The van der Waals surface area contributed by atoms with Gasteiger partial charge in [-0.25, -0.2) is 0 Å². The van der Waals surface area contributed by atoms with Gasteiger partial charge in [0.25, 0.3) is 0 Å². The van der Waals surface area contributed by atoms with Gasteiger partial charge in [0.2, 0.25) is 0 Å². The zero-order chi connectivity index (χ0) is 8.74. The molecule has 1 unspecified atom stereocenters. The molecule has 0 aliphatic carbocycles. The van der Waals surface area contributed by atoms with Gasteiger partial charge in [0.15, 0.2) is 0 Å². The van der Waals surface area contributed by atoms with Crippen LogP contribution >= 0.6 is 11.6 Å². The lowest BCUT2D eigenvalue weighted by Crippen LogP contribution is -2.23. The fourth-order valence-electron chi connectivity index (χ4n) is 0.551. The summed E-state index contributed by atoms with van der Waals surface area (Å²) in [6.45, 7) is 3.74. The third-order valence-corrected chi connectivity index (χ3v) is 1.79. The molecule has 0 aliphatic heterocycles. The third kappa shape index (κ3) is 6.22. The Bertz CT molecular complexity index is 153. The molecular weight excluding hydrogens is 160 g/mol. The number of rotatable bonds is 3. The summed E-state index contributed by atoms with van der Waals surface area (Å²) in [7, 11) is 0. The van der Waals surface area contributed by atoms with E-state index in [4.69, 9.17) is 11.6 Å². The third-order valence-electron chi connectivity index (χ3n) is 1.27. The fraction of sp³-hybridized carbons (Fsp3) is 0.778. The molecule has 11 heavy (non-hydrogen) atoms. The lowest BCUT2D eigenvalue weighted by molar-refractivity contribution is 0.147. The van der Waals surface area contributed by atoms with Crippen LogP contribution in [0, 0.1) is 11.8 Å². The quantitative estimate of drug-likeness (QED) is 0.395. The molecule has 0 aliphatic rings. The summed E-state index contributed by atoms with van der Waals surface area (Å²) in [6, 6.07) is 0. The van der Waals surface area contributed by atoms with Crippen LogP contribution in [0.25, 0.3) is 0 Å². The van der Waals surface area contributed by atoms with Gasteiger partial charge in [0.1, 0.15) is 5.60 Å². The number of unbranched alkanes of at least 4 members (excludes halogenated alkanes) is 2. The predicted molar refractivity (Wildman–Crippen MR) is 48.6 cm³/mol. The van der Waals surface area contributed by atoms with Crippen molar-refractivity contribution < 1.29 is 5.11 Å². The lowest BCUT2D eigenvalue weighted by atomic mass is 10.1. The van der Waals surface area contributed by atoms with Crippen molar-refractivity contribution in [1.29, 1.82) is 0 Å². The van der Waals surface area contributed by atoms with Gasteiger partial charge in [-0.1, -0.05) is 19.3 Å². The van der Waals surface area contributed by atoms with E-state index in [1.54, 1.807) is 6.92 Å². The molecule has 0 fully saturated rings. The second-order valence-corrected chi connectivity index (χ2v) is 3.08. The van der Waals surface area contributed by atoms with Crippen molar-refractivity contribution in [2.24, 2.45) is 0 Å². The first-order valence-corrected chi connectivity index (χ1v) is 4.44. The number of halogens is 1. The Morgan fingerprint density at radius 1 is 1.55 bits per heavy atom. The predicted octanol–water partition coefficient (Wildman–Crippen LogP) is 2.17. The second-order valence-electron chi connectivity index (χ2n) is 2.81. The first-order valence-electron chi connectivity index (χ1n) is 3.91. The minimum Gasteiger partial charge on any atom is -0.377 e. The highest BCUT2D eigenvalue weighted by molar-refractivity contribution is 6.18. The molecule has 1 nitrogen and oxygen atoms in total. The number of alkyl halides is 1. The summed E-state index contributed by atoms with van der Waals surface area (Å²) in [6.07, 6.45) is 3.08. The van der Waals surface area contributed by atoms with E-state index in [0.29, 0.717) is 0 Å². The SMILES string of the molecule is CCCCC#CC(C)(O)CCl. The maximum atomic E-state index is 9.32. The lowest BCUT2D eigenvalue weighted by Gasteiger charge is -2.10. The molecule has 0 bridgehead atoms. The van der Waals surface area contributed by atoms with E-state index >= 15 is 0 Å². The van der Waals surface area contributed by atoms with Crippen molar-refractivity contribution in [3.05, 3.63) is 0 Å². The van der Waals surface area contributed by atoms with Crippen LogP contribution in [0.4, 0.5) is 0 Å². The molecule has 0 spiro atoms. The van der Waals surface area contributed by atoms with Crippen LogP contribution in [-0.4, -0.2) is 16.6 Å². The standard InChI is InChI=1S/C9H15ClO/c1-3-4-5-6-7-9(2,11)8-10/h11H,3-5,8H2,1-2H3. The molecule has 2 heteroatoms. The van der Waals surface area contributed by atoms with Gasteiger partial charge in [-0.05, 0) is 13.3 Å². The Labute approximate surface area is 73.8 Å². The van der Waals surface area contributed by atoms with E-state index in [2.05, 4.69) is 18.8 Å². The zero-order valence-electron chi connectivity index (χ0n) is 7.15. The number of hydrogen-bond acceptors (Lipinski definition) is 1. The van der Waals surface area contributed by atoms with Crippen molar-refractivity contribution in [1.82, 2.24) is 0 Å². The van der Waals surface area contributed by atoms with Gasteiger partial charge in [-0.15, -0.1) is 17.5 Å². The Morgan fingerprint density at radius 3 is 2.64 bits per heavy atom. The van der Waals surface area contributed by atoms with Gasteiger partial charge >= 0.3 is 0 Å². The van der Waals surface area contributed by atoms with Crippen LogP contribution in [0.5, 0.6) is 0 Å². The summed E-state index contributed by atoms with van der Waals surface area (Å²) in [5.41, 5.74) is -1.00. The highest BCUT2D eigenvalue weighted by Gasteiger charge is 2.13.